The Morgan fingerprint density at radius 1 is 1.37 bits per heavy atom. The first-order valence-corrected chi connectivity index (χ1v) is 7.12. The number of hydrogen-bond donors (Lipinski definition) is 1. The van der Waals surface area contributed by atoms with Crippen LogP contribution in [0.5, 0.6) is 0 Å². The van der Waals surface area contributed by atoms with E-state index in [9.17, 15) is 10.1 Å². The van der Waals surface area contributed by atoms with Gasteiger partial charge >= 0.3 is 0 Å². The molecule has 0 aromatic heterocycles. The van der Waals surface area contributed by atoms with Gasteiger partial charge in [0, 0.05) is 18.7 Å². The predicted molar refractivity (Wildman–Crippen MR) is 77.7 cm³/mol. The number of nitro groups is 1. The summed E-state index contributed by atoms with van der Waals surface area (Å²) in [6.45, 7) is 3.13. The number of rotatable bonds is 4. The van der Waals surface area contributed by atoms with Gasteiger partial charge in [0.15, 0.2) is 0 Å². The molecule has 0 atom stereocenters. The van der Waals surface area contributed by atoms with Gasteiger partial charge in [-0.25, -0.2) is 0 Å². The van der Waals surface area contributed by atoms with Crippen molar-refractivity contribution in [3.8, 4) is 0 Å². The van der Waals surface area contributed by atoms with Crippen LogP contribution in [0.3, 0.4) is 0 Å². The molecule has 19 heavy (non-hydrogen) atoms. The van der Waals surface area contributed by atoms with Gasteiger partial charge in [-0.3, -0.25) is 10.1 Å². The summed E-state index contributed by atoms with van der Waals surface area (Å²) < 4.78 is 0. The lowest BCUT2D eigenvalue weighted by Gasteiger charge is -2.26. The maximum Gasteiger partial charge on any atom is 0.271 e. The normalized spacial score (nSPS) is 23.1. The molecule has 1 aliphatic carbocycles. The highest BCUT2D eigenvalue weighted by Gasteiger charge is 2.18. The topological polar surface area (TPSA) is 55.2 Å². The van der Waals surface area contributed by atoms with Crippen LogP contribution in [-0.2, 0) is 0 Å². The van der Waals surface area contributed by atoms with Crippen LogP contribution >= 0.6 is 11.6 Å². The largest absolute Gasteiger partial charge is 0.383 e. The average Bonchev–Trinajstić information content (AvgIpc) is 2.39. The monoisotopic (exact) mass is 282 g/mol. The number of nitro benzene ring substituents is 1. The van der Waals surface area contributed by atoms with E-state index in [1.165, 1.54) is 37.8 Å². The highest BCUT2D eigenvalue weighted by Crippen LogP contribution is 2.30. The lowest BCUT2D eigenvalue weighted by Crippen LogP contribution is -2.20. The van der Waals surface area contributed by atoms with Gasteiger partial charge in [-0.05, 0) is 30.7 Å². The Labute approximate surface area is 118 Å². The summed E-state index contributed by atoms with van der Waals surface area (Å²) in [4.78, 5) is 10.3. The van der Waals surface area contributed by atoms with E-state index in [1.807, 2.05) is 0 Å². The maximum absolute atomic E-state index is 10.7. The standard InChI is InChI=1S/C14H19ClN2O2/c1-10-2-4-11(5-3-10)9-16-14-8-12(17(18)19)6-7-13(14)15/h6-8,10-11,16H,2-5,9H2,1H3. The molecule has 1 aromatic rings. The SMILES string of the molecule is CC1CCC(CNc2cc([N+](=O)[O-])ccc2Cl)CC1. The first-order chi connectivity index (χ1) is 9.06. The van der Waals surface area contributed by atoms with Crippen LogP contribution in [0.2, 0.25) is 5.02 Å². The fourth-order valence-corrected chi connectivity index (χ4v) is 2.73. The first-order valence-electron chi connectivity index (χ1n) is 6.74. The van der Waals surface area contributed by atoms with Crippen molar-refractivity contribution in [3.63, 3.8) is 0 Å². The summed E-state index contributed by atoms with van der Waals surface area (Å²) >= 11 is 6.06. The van der Waals surface area contributed by atoms with Crippen LogP contribution < -0.4 is 5.32 Å². The summed E-state index contributed by atoms with van der Waals surface area (Å²) in [6, 6.07) is 4.51. The molecular formula is C14H19ClN2O2. The predicted octanol–water partition coefficient (Wildman–Crippen LogP) is 4.49. The van der Waals surface area contributed by atoms with Gasteiger partial charge in [0.25, 0.3) is 5.69 Å². The Kier molecular flexibility index (Phi) is 4.64. The van der Waals surface area contributed by atoms with Gasteiger partial charge in [-0.15, -0.1) is 0 Å². The number of nitrogens with zero attached hydrogens (tertiary/aromatic N) is 1. The number of anilines is 1. The van der Waals surface area contributed by atoms with Crippen molar-refractivity contribution in [1.82, 2.24) is 0 Å². The van der Waals surface area contributed by atoms with Crippen molar-refractivity contribution < 1.29 is 4.92 Å². The second kappa shape index (κ2) is 6.24. The second-order valence-corrected chi connectivity index (χ2v) is 5.84. The number of non-ortho nitro benzene ring substituents is 1. The maximum atomic E-state index is 10.7. The zero-order chi connectivity index (χ0) is 13.8. The first kappa shape index (κ1) is 14.1. The third-order valence-corrected chi connectivity index (χ3v) is 4.21. The van der Waals surface area contributed by atoms with E-state index in [4.69, 9.17) is 11.6 Å². The Morgan fingerprint density at radius 2 is 2.05 bits per heavy atom. The van der Waals surface area contributed by atoms with Gasteiger partial charge < -0.3 is 5.32 Å². The molecule has 4 nitrogen and oxygen atoms in total. The van der Waals surface area contributed by atoms with Crippen molar-refractivity contribution in [1.29, 1.82) is 0 Å². The van der Waals surface area contributed by atoms with Gasteiger partial charge in [0.1, 0.15) is 0 Å². The van der Waals surface area contributed by atoms with E-state index in [0.717, 1.165) is 12.5 Å². The fourth-order valence-electron chi connectivity index (χ4n) is 2.55. The van der Waals surface area contributed by atoms with Crippen molar-refractivity contribution >= 4 is 23.0 Å². The van der Waals surface area contributed by atoms with E-state index in [0.29, 0.717) is 16.6 Å². The van der Waals surface area contributed by atoms with Crippen molar-refractivity contribution in [2.75, 3.05) is 11.9 Å². The summed E-state index contributed by atoms with van der Waals surface area (Å²) in [6.07, 6.45) is 4.99. The van der Waals surface area contributed by atoms with Crippen LogP contribution in [0, 0.1) is 22.0 Å². The van der Waals surface area contributed by atoms with Crippen molar-refractivity contribution in [2.45, 2.75) is 32.6 Å². The Morgan fingerprint density at radius 3 is 2.68 bits per heavy atom. The molecule has 1 fully saturated rings. The van der Waals surface area contributed by atoms with Crippen LogP contribution in [-0.4, -0.2) is 11.5 Å². The molecule has 104 valence electrons. The molecule has 0 unspecified atom stereocenters. The quantitative estimate of drug-likeness (QED) is 0.654. The number of benzene rings is 1. The minimum absolute atomic E-state index is 0.0733. The molecule has 1 saturated carbocycles. The van der Waals surface area contributed by atoms with Crippen LogP contribution in [0.4, 0.5) is 11.4 Å². The Bertz CT molecular complexity index is 457. The molecule has 0 radical (unpaired) electrons. The zero-order valence-corrected chi connectivity index (χ0v) is 11.8. The van der Waals surface area contributed by atoms with Gasteiger partial charge in [-0.1, -0.05) is 31.4 Å². The third-order valence-electron chi connectivity index (χ3n) is 3.88. The van der Waals surface area contributed by atoms with Crippen LogP contribution in [0.25, 0.3) is 0 Å². The molecule has 0 spiro atoms. The number of halogens is 1. The van der Waals surface area contributed by atoms with E-state index in [2.05, 4.69) is 12.2 Å². The lowest BCUT2D eigenvalue weighted by atomic mass is 9.83. The molecule has 5 heteroatoms. The Balaban J connectivity index is 1.95. The number of nitrogens with one attached hydrogen (secondary N) is 1. The fraction of sp³-hybridized carbons (Fsp3) is 0.571. The summed E-state index contributed by atoms with van der Waals surface area (Å²) in [7, 11) is 0. The number of hydrogen-bond acceptors (Lipinski definition) is 3. The molecule has 0 saturated heterocycles. The molecule has 1 aliphatic rings. The van der Waals surface area contributed by atoms with E-state index in [-0.39, 0.29) is 5.69 Å². The minimum atomic E-state index is -0.399. The molecule has 0 heterocycles. The van der Waals surface area contributed by atoms with Crippen LogP contribution in [0.1, 0.15) is 32.6 Å². The summed E-state index contributed by atoms with van der Waals surface area (Å²) in [5.74, 6) is 1.48. The van der Waals surface area contributed by atoms with E-state index < -0.39 is 4.92 Å². The van der Waals surface area contributed by atoms with E-state index in [1.54, 1.807) is 6.07 Å². The average molecular weight is 283 g/mol. The molecular weight excluding hydrogens is 264 g/mol. The van der Waals surface area contributed by atoms with Gasteiger partial charge in [-0.2, -0.15) is 0 Å². The smallest absolute Gasteiger partial charge is 0.271 e. The molecule has 1 N–H and O–H groups in total. The molecule has 0 aliphatic heterocycles. The third kappa shape index (κ3) is 3.83. The van der Waals surface area contributed by atoms with E-state index >= 15 is 0 Å². The highest BCUT2D eigenvalue weighted by molar-refractivity contribution is 6.33. The Hall–Kier alpha value is -1.29. The van der Waals surface area contributed by atoms with Gasteiger partial charge in [0.2, 0.25) is 0 Å². The molecule has 0 amide bonds. The lowest BCUT2D eigenvalue weighted by molar-refractivity contribution is -0.384. The molecule has 0 bridgehead atoms. The second-order valence-electron chi connectivity index (χ2n) is 5.43. The summed E-state index contributed by atoms with van der Waals surface area (Å²) in [5, 5.41) is 14.5. The van der Waals surface area contributed by atoms with Crippen molar-refractivity contribution in [2.24, 2.45) is 11.8 Å². The highest BCUT2D eigenvalue weighted by atomic mass is 35.5. The molecule has 2 rings (SSSR count). The molecule has 1 aromatic carbocycles. The van der Waals surface area contributed by atoms with Crippen molar-refractivity contribution in [3.05, 3.63) is 33.3 Å². The zero-order valence-electron chi connectivity index (χ0n) is 11.1. The van der Waals surface area contributed by atoms with Gasteiger partial charge in [0.05, 0.1) is 15.6 Å². The van der Waals surface area contributed by atoms with Crippen LogP contribution in [0.15, 0.2) is 18.2 Å². The minimum Gasteiger partial charge on any atom is -0.383 e. The summed E-state index contributed by atoms with van der Waals surface area (Å²) in [5.41, 5.74) is 0.735.